The highest BCUT2D eigenvalue weighted by Gasteiger charge is 2.36. The summed E-state index contributed by atoms with van der Waals surface area (Å²) in [5, 5.41) is -0.532. The standard InChI is InChI=1S/C20H31NO4S/c1-4-25-20(22)17-12-14-21(15-13-17)19(11-10-16(2)3)26(23,24)18-8-6-5-7-9-18/h5-9,16-17,19H,4,10-15H2,1-3H3. The molecule has 1 aromatic carbocycles. The van der Waals surface area contributed by atoms with Gasteiger partial charge in [-0.05, 0) is 50.7 Å². The third-order valence-corrected chi connectivity index (χ3v) is 7.16. The van der Waals surface area contributed by atoms with Gasteiger partial charge in [-0.25, -0.2) is 8.42 Å². The summed E-state index contributed by atoms with van der Waals surface area (Å²) in [5.74, 6) is 0.175. The molecule has 0 amide bonds. The summed E-state index contributed by atoms with van der Waals surface area (Å²) < 4.78 is 31.6. The lowest BCUT2D eigenvalue weighted by molar-refractivity contribution is -0.149. The highest BCUT2D eigenvalue weighted by Crippen LogP contribution is 2.28. The maximum Gasteiger partial charge on any atom is 0.309 e. The Labute approximate surface area is 157 Å². The Balaban J connectivity index is 2.15. The van der Waals surface area contributed by atoms with Crippen LogP contribution in [0.4, 0.5) is 0 Å². The fourth-order valence-corrected chi connectivity index (χ4v) is 5.36. The van der Waals surface area contributed by atoms with Crippen molar-refractivity contribution in [2.75, 3.05) is 19.7 Å². The lowest BCUT2D eigenvalue weighted by Gasteiger charge is -2.36. The number of ether oxygens (including phenoxy) is 1. The number of esters is 1. The van der Waals surface area contributed by atoms with Crippen molar-refractivity contribution in [1.82, 2.24) is 4.90 Å². The molecule has 6 heteroatoms. The van der Waals surface area contributed by atoms with Crippen molar-refractivity contribution in [3.63, 3.8) is 0 Å². The minimum Gasteiger partial charge on any atom is -0.466 e. The molecular formula is C20H31NO4S. The first-order valence-corrected chi connectivity index (χ1v) is 11.1. The first kappa shape index (κ1) is 20.9. The predicted molar refractivity (Wildman–Crippen MR) is 102 cm³/mol. The van der Waals surface area contributed by atoms with Gasteiger partial charge in [0.15, 0.2) is 9.84 Å². The van der Waals surface area contributed by atoms with Gasteiger partial charge in [0.05, 0.1) is 17.4 Å². The second kappa shape index (κ2) is 9.51. The van der Waals surface area contributed by atoms with Gasteiger partial charge in [0, 0.05) is 13.1 Å². The molecule has 1 heterocycles. The molecule has 0 aromatic heterocycles. The molecule has 1 aromatic rings. The molecular weight excluding hydrogens is 350 g/mol. The highest BCUT2D eigenvalue weighted by atomic mass is 32.2. The molecule has 1 aliphatic heterocycles. The minimum absolute atomic E-state index is 0.114. The molecule has 2 rings (SSSR count). The number of carbonyl (C=O) groups is 1. The Bertz CT molecular complexity index is 664. The zero-order valence-electron chi connectivity index (χ0n) is 16.1. The van der Waals surface area contributed by atoms with Crippen molar-refractivity contribution in [3.05, 3.63) is 30.3 Å². The fourth-order valence-electron chi connectivity index (χ4n) is 3.46. The van der Waals surface area contributed by atoms with Gasteiger partial charge in [0.1, 0.15) is 5.37 Å². The van der Waals surface area contributed by atoms with Crippen molar-refractivity contribution in [2.24, 2.45) is 11.8 Å². The molecule has 0 bridgehead atoms. The molecule has 1 aliphatic rings. The van der Waals surface area contributed by atoms with E-state index in [0.29, 0.717) is 49.8 Å². The highest BCUT2D eigenvalue weighted by molar-refractivity contribution is 7.92. The van der Waals surface area contributed by atoms with Crippen molar-refractivity contribution in [2.45, 2.75) is 56.7 Å². The summed E-state index contributed by atoms with van der Waals surface area (Å²) in [6.45, 7) is 7.63. The van der Waals surface area contributed by atoms with Crippen molar-refractivity contribution >= 4 is 15.8 Å². The number of carbonyl (C=O) groups excluding carboxylic acids is 1. The molecule has 1 unspecified atom stereocenters. The SMILES string of the molecule is CCOC(=O)C1CCN(C(CCC(C)C)S(=O)(=O)c2ccccc2)CC1. The monoisotopic (exact) mass is 381 g/mol. The van der Waals surface area contributed by atoms with Crippen LogP contribution in [0.3, 0.4) is 0 Å². The molecule has 1 saturated heterocycles. The van der Waals surface area contributed by atoms with E-state index in [9.17, 15) is 13.2 Å². The van der Waals surface area contributed by atoms with Gasteiger partial charge in [-0.15, -0.1) is 0 Å². The van der Waals surface area contributed by atoms with E-state index in [2.05, 4.69) is 13.8 Å². The number of nitrogens with zero attached hydrogens (tertiary/aromatic N) is 1. The minimum atomic E-state index is -3.43. The molecule has 26 heavy (non-hydrogen) atoms. The van der Waals surface area contributed by atoms with Gasteiger partial charge in [0.25, 0.3) is 0 Å². The molecule has 0 spiro atoms. The summed E-state index contributed by atoms with van der Waals surface area (Å²) in [4.78, 5) is 14.4. The maximum absolute atomic E-state index is 13.2. The quantitative estimate of drug-likeness (QED) is 0.645. The van der Waals surface area contributed by atoms with Crippen LogP contribution in [0.15, 0.2) is 35.2 Å². The van der Waals surface area contributed by atoms with Crippen LogP contribution in [0.5, 0.6) is 0 Å². The number of benzene rings is 1. The number of rotatable bonds is 8. The number of hydrogen-bond acceptors (Lipinski definition) is 5. The topological polar surface area (TPSA) is 63.7 Å². The molecule has 0 radical (unpaired) electrons. The lowest BCUT2D eigenvalue weighted by Crippen LogP contribution is -2.46. The zero-order valence-corrected chi connectivity index (χ0v) is 16.9. The second-order valence-electron chi connectivity index (χ2n) is 7.35. The average Bonchev–Trinajstić information content (AvgIpc) is 2.63. The summed E-state index contributed by atoms with van der Waals surface area (Å²) in [6, 6.07) is 8.69. The third kappa shape index (κ3) is 5.30. The zero-order chi connectivity index (χ0) is 19.2. The van der Waals surface area contributed by atoms with Crippen LogP contribution < -0.4 is 0 Å². The van der Waals surface area contributed by atoms with E-state index in [1.165, 1.54) is 0 Å². The van der Waals surface area contributed by atoms with E-state index in [1.54, 1.807) is 31.2 Å². The third-order valence-electron chi connectivity index (χ3n) is 4.98. The van der Waals surface area contributed by atoms with E-state index >= 15 is 0 Å². The number of sulfone groups is 1. The smallest absolute Gasteiger partial charge is 0.309 e. The van der Waals surface area contributed by atoms with Crippen LogP contribution in [0, 0.1) is 11.8 Å². The van der Waals surface area contributed by atoms with E-state index < -0.39 is 15.2 Å². The number of piperidine rings is 1. The first-order valence-electron chi connectivity index (χ1n) is 9.55. The predicted octanol–water partition coefficient (Wildman–Crippen LogP) is 3.50. The maximum atomic E-state index is 13.2. The molecule has 146 valence electrons. The van der Waals surface area contributed by atoms with Gasteiger partial charge < -0.3 is 4.74 Å². The molecule has 5 nitrogen and oxygen atoms in total. The largest absolute Gasteiger partial charge is 0.466 e. The van der Waals surface area contributed by atoms with Gasteiger partial charge in [-0.3, -0.25) is 9.69 Å². The Hall–Kier alpha value is -1.40. The van der Waals surface area contributed by atoms with Crippen molar-refractivity contribution < 1.29 is 17.9 Å². The van der Waals surface area contributed by atoms with Crippen LogP contribution in [0.1, 0.15) is 46.5 Å². The Morgan fingerprint density at radius 1 is 1.15 bits per heavy atom. The van der Waals surface area contributed by atoms with E-state index in [-0.39, 0.29) is 11.9 Å². The summed E-state index contributed by atoms with van der Waals surface area (Å²) >= 11 is 0. The number of hydrogen-bond donors (Lipinski definition) is 0. The summed E-state index contributed by atoms with van der Waals surface area (Å²) in [5.41, 5.74) is 0. The van der Waals surface area contributed by atoms with Crippen LogP contribution >= 0.6 is 0 Å². The number of likely N-dealkylation sites (tertiary alicyclic amines) is 1. The van der Waals surface area contributed by atoms with Gasteiger partial charge in [-0.2, -0.15) is 0 Å². The molecule has 1 fully saturated rings. The van der Waals surface area contributed by atoms with Crippen LogP contribution in [0.2, 0.25) is 0 Å². The summed E-state index contributed by atoms with van der Waals surface area (Å²) in [6.07, 6.45) is 2.77. The molecule has 0 aliphatic carbocycles. The Morgan fingerprint density at radius 3 is 2.31 bits per heavy atom. The van der Waals surface area contributed by atoms with Gasteiger partial charge >= 0.3 is 5.97 Å². The van der Waals surface area contributed by atoms with Crippen LogP contribution in [-0.4, -0.2) is 44.4 Å². The van der Waals surface area contributed by atoms with Gasteiger partial charge in [-0.1, -0.05) is 32.0 Å². The van der Waals surface area contributed by atoms with Crippen LogP contribution in [-0.2, 0) is 19.4 Å². The molecule has 0 N–H and O–H groups in total. The fraction of sp³-hybridized carbons (Fsp3) is 0.650. The Kier molecular flexibility index (Phi) is 7.65. The first-order chi connectivity index (χ1) is 12.4. The lowest BCUT2D eigenvalue weighted by atomic mass is 9.96. The molecule has 1 atom stereocenters. The van der Waals surface area contributed by atoms with E-state index in [0.717, 1.165) is 6.42 Å². The molecule has 0 saturated carbocycles. The summed E-state index contributed by atoms with van der Waals surface area (Å²) in [7, 11) is -3.43. The second-order valence-corrected chi connectivity index (χ2v) is 9.45. The normalized spacial score (nSPS) is 18.0. The van der Waals surface area contributed by atoms with E-state index in [1.807, 2.05) is 11.0 Å². The van der Waals surface area contributed by atoms with E-state index in [4.69, 9.17) is 4.74 Å². The van der Waals surface area contributed by atoms with Crippen molar-refractivity contribution in [1.29, 1.82) is 0 Å². The Morgan fingerprint density at radius 2 is 1.77 bits per heavy atom. The van der Waals surface area contributed by atoms with Gasteiger partial charge in [0.2, 0.25) is 0 Å². The van der Waals surface area contributed by atoms with Crippen LogP contribution in [0.25, 0.3) is 0 Å². The average molecular weight is 382 g/mol. The van der Waals surface area contributed by atoms with Crippen molar-refractivity contribution in [3.8, 4) is 0 Å².